The van der Waals surface area contributed by atoms with Crippen LogP contribution in [0.4, 0.5) is 5.69 Å². The number of ether oxygens (including phenoxy) is 1. The molecule has 3 N–H and O–H groups in total. The molecule has 1 fully saturated rings. The Morgan fingerprint density at radius 2 is 1.86 bits per heavy atom. The average Bonchev–Trinajstić information content (AvgIpc) is 3.14. The molecular formula is C23H30ClN3O2+2. The van der Waals surface area contributed by atoms with E-state index in [9.17, 15) is 4.79 Å². The Kier molecular flexibility index (Phi) is 6.09. The van der Waals surface area contributed by atoms with E-state index in [-0.39, 0.29) is 5.91 Å². The smallest absolute Gasteiger partial charge is 0.279 e. The second-order valence-corrected chi connectivity index (χ2v) is 8.79. The molecule has 5 nitrogen and oxygen atoms in total. The summed E-state index contributed by atoms with van der Waals surface area (Å²) in [5.41, 5.74) is 5.58. The van der Waals surface area contributed by atoms with Gasteiger partial charge in [-0.05, 0) is 54.8 Å². The monoisotopic (exact) mass is 415 g/mol. The van der Waals surface area contributed by atoms with Crippen LogP contribution in [0, 0.1) is 13.8 Å². The Morgan fingerprint density at radius 1 is 1.10 bits per heavy atom. The fraction of sp³-hybridized carbons (Fsp3) is 0.435. The lowest BCUT2D eigenvalue weighted by Gasteiger charge is -2.29. The average molecular weight is 416 g/mol. The largest absolute Gasteiger partial charge is 0.493 e. The van der Waals surface area contributed by atoms with Crippen LogP contribution in [0.2, 0.25) is 5.02 Å². The Labute approximate surface area is 177 Å². The van der Waals surface area contributed by atoms with Gasteiger partial charge in [0.2, 0.25) is 0 Å². The van der Waals surface area contributed by atoms with Gasteiger partial charge in [-0.3, -0.25) is 4.79 Å². The van der Waals surface area contributed by atoms with Crippen LogP contribution >= 0.6 is 11.6 Å². The quantitative estimate of drug-likeness (QED) is 0.677. The number of quaternary nitrogens is 2. The molecule has 1 amide bonds. The normalized spacial score (nSPS) is 20.8. The highest BCUT2D eigenvalue weighted by molar-refractivity contribution is 6.34. The number of carbonyl (C=O) groups is 1. The molecule has 29 heavy (non-hydrogen) atoms. The van der Waals surface area contributed by atoms with Crippen molar-refractivity contribution in [3.8, 4) is 5.75 Å². The number of hydrogen-bond acceptors (Lipinski definition) is 2. The molecule has 0 saturated carbocycles. The predicted molar refractivity (Wildman–Crippen MR) is 115 cm³/mol. The molecule has 2 aromatic carbocycles. The van der Waals surface area contributed by atoms with Crippen molar-refractivity contribution >= 4 is 23.2 Å². The Bertz CT molecular complexity index is 884. The van der Waals surface area contributed by atoms with Gasteiger partial charge < -0.3 is 19.9 Å². The highest BCUT2D eigenvalue weighted by Crippen LogP contribution is 2.27. The molecule has 1 saturated heterocycles. The van der Waals surface area contributed by atoms with Gasteiger partial charge in [0, 0.05) is 12.0 Å². The van der Waals surface area contributed by atoms with Crippen LogP contribution in [-0.2, 0) is 17.8 Å². The SMILES string of the molecule is Cc1cc(C)c(NC(=O)C[NH+]2CC[NH+](Cc3ccc4c(c3)CCO4)CC2)c(Cl)c1. The summed E-state index contributed by atoms with van der Waals surface area (Å²) in [5.74, 6) is 1.09. The number of benzene rings is 2. The lowest BCUT2D eigenvalue weighted by atomic mass is 10.1. The molecule has 0 atom stereocenters. The van der Waals surface area contributed by atoms with Gasteiger partial charge in [-0.1, -0.05) is 17.7 Å². The van der Waals surface area contributed by atoms with E-state index in [1.807, 2.05) is 26.0 Å². The first kappa shape index (κ1) is 20.2. The predicted octanol–water partition coefficient (Wildman–Crippen LogP) is 0.814. The van der Waals surface area contributed by atoms with Gasteiger partial charge in [0.25, 0.3) is 5.91 Å². The summed E-state index contributed by atoms with van der Waals surface area (Å²) in [6.07, 6.45) is 1.02. The van der Waals surface area contributed by atoms with Gasteiger partial charge in [-0.15, -0.1) is 0 Å². The molecule has 0 unspecified atom stereocenters. The number of nitrogens with one attached hydrogen (secondary N) is 3. The van der Waals surface area contributed by atoms with Gasteiger partial charge in [0.1, 0.15) is 38.5 Å². The second-order valence-electron chi connectivity index (χ2n) is 8.38. The van der Waals surface area contributed by atoms with Crippen LogP contribution in [0.5, 0.6) is 5.75 Å². The molecule has 2 aromatic rings. The van der Waals surface area contributed by atoms with Crippen LogP contribution in [0.15, 0.2) is 30.3 Å². The number of anilines is 1. The summed E-state index contributed by atoms with van der Waals surface area (Å²) in [6.45, 7) is 10.5. The number of hydrogen-bond donors (Lipinski definition) is 3. The summed E-state index contributed by atoms with van der Waals surface area (Å²) in [5, 5.41) is 3.63. The van der Waals surface area contributed by atoms with Gasteiger partial charge >= 0.3 is 0 Å². The second kappa shape index (κ2) is 8.74. The van der Waals surface area contributed by atoms with E-state index < -0.39 is 0 Å². The maximum atomic E-state index is 12.5. The number of aryl methyl sites for hydroxylation is 2. The topological polar surface area (TPSA) is 47.2 Å². The van der Waals surface area contributed by atoms with Crippen molar-refractivity contribution in [3.63, 3.8) is 0 Å². The van der Waals surface area contributed by atoms with Crippen molar-refractivity contribution in [1.82, 2.24) is 0 Å². The summed E-state index contributed by atoms with van der Waals surface area (Å²) in [6, 6.07) is 10.5. The molecule has 2 aliphatic rings. The van der Waals surface area contributed by atoms with Crippen molar-refractivity contribution in [2.24, 2.45) is 0 Å². The van der Waals surface area contributed by atoms with Crippen LogP contribution in [0.25, 0.3) is 0 Å². The number of halogens is 1. The minimum atomic E-state index is 0.0379. The number of amides is 1. The molecule has 0 radical (unpaired) electrons. The third-order valence-electron chi connectivity index (χ3n) is 5.98. The van der Waals surface area contributed by atoms with E-state index in [1.54, 1.807) is 4.90 Å². The van der Waals surface area contributed by atoms with E-state index in [0.717, 1.165) is 68.3 Å². The van der Waals surface area contributed by atoms with E-state index in [1.165, 1.54) is 16.0 Å². The van der Waals surface area contributed by atoms with Crippen LogP contribution in [-0.4, -0.2) is 45.2 Å². The summed E-state index contributed by atoms with van der Waals surface area (Å²) in [4.78, 5) is 15.5. The van der Waals surface area contributed by atoms with E-state index in [0.29, 0.717) is 11.6 Å². The number of piperazine rings is 1. The van der Waals surface area contributed by atoms with E-state index in [4.69, 9.17) is 16.3 Å². The fourth-order valence-corrected chi connectivity index (χ4v) is 4.80. The molecule has 0 aromatic heterocycles. The minimum Gasteiger partial charge on any atom is -0.493 e. The van der Waals surface area contributed by atoms with Crippen molar-refractivity contribution in [2.75, 3.05) is 44.6 Å². The van der Waals surface area contributed by atoms with Crippen molar-refractivity contribution in [2.45, 2.75) is 26.8 Å². The Balaban J connectivity index is 1.26. The minimum absolute atomic E-state index is 0.0379. The zero-order chi connectivity index (χ0) is 20.4. The standard InChI is InChI=1S/C23H28ClN3O2/c1-16-11-17(2)23(20(24)12-16)25-22(28)15-27-8-6-26(7-9-27)14-18-3-4-21-19(13-18)5-10-29-21/h3-4,11-13H,5-10,14-15H2,1-2H3,(H,25,28)/p+2. The summed E-state index contributed by atoms with van der Waals surface area (Å²) >= 11 is 6.32. The zero-order valence-electron chi connectivity index (χ0n) is 17.2. The van der Waals surface area contributed by atoms with Crippen molar-refractivity contribution in [3.05, 3.63) is 57.6 Å². The molecule has 0 bridgehead atoms. The number of fused-ring (bicyclic) bond motifs is 1. The number of rotatable bonds is 5. The lowest BCUT2D eigenvalue weighted by molar-refractivity contribution is -1.02. The van der Waals surface area contributed by atoms with Crippen molar-refractivity contribution < 1.29 is 19.3 Å². The molecule has 0 spiro atoms. The lowest BCUT2D eigenvalue weighted by Crippen LogP contribution is -3.28. The van der Waals surface area contributed by atoms with Gasteiger partial charge in [-0.2, -0.15) is 0 Å². The molecule has 2 heterocycles. The van der Waals surface area contributed by atoms with E-state index in [2.05, 4.69) is 23.5 Å². The van der Waals surface area contributed by atoms with E-state index >= 15 is 0 Å². The van der Waals surface area contributed by atoms with Gasteiger partial charge in [0.15, 0.2) is 6.54 Å². The molecular weight excluding hydrogens is 386 g/mol. The van der Waals surface area contributed by atoms with Gasteiger partial charge in [-0.25, -0.2) is 0 Å². The maximum Gasteiger partial charge on any atom is 0.279 e. The third kappa shape index (κ3) is 4.92. The molecule has 154 valence electrons. The Morgan fingerprint density at radius 3 is 2.62 bits per heavy atom. The van der Waals surface area contributed by atoms with Gasteiger partial charge in [0.05, 0.1) is 17.3 Å². The maximum absolute atomic E-state index is 12.5. The number of carbonyl (C=O) groups excluding carboxylic acids is 1. The Hall–Kier alpha value is -2.08. The van der Waals surface area contributed by atoms with Crippen LogP contribution < -0.4 is 19.9 Å². The first-order valence-electron chi connectivity index (χ1n) is 10.5. The third-order valence-corrected chi connectivity index (χ3v) is 6.28. The molecule has 4 rings (SSSR count). The van der Waals surface area contributed by atoms with Crippen LogP contribution in [0.1, 0.15) is 22.3 Å². The van der Waals surface area contributed by atoms with Crippen LogP contribution in [0.3, 0.4) is 0 Å². The first-order chi connectivity index (χ1) is 14.0. The summed E-state index contributed by atoms with van der Waals surface area (Å²) < 4.78 is 5.60. The van der Waals surface area contributed by atoms with Crippen molar-refractivity contribution in [1.29, 1.82) is 0 Å². The zero-order valence-corrected chi connectivity index (χ0v) is 18.0. The fourth-order valence-electron chi connectivity index (χ4n) is 4.43. The molecule has 2 aliphatic heterocycles. The highest BCUT2D eigenvalue weighted by Gasteiger charge is 2.25. The molecule has 0 aliphatic carbocycles. The molecule has 6 heteroatoms. The first-order valence-corrected chi connectivity index (χ1v) is 10.8. The summed E-state index contributed by atoms with van der Waals surface area (Å²) in [7, 11) is 0. The highest BCUT2D eigenvalue weighted by atomic mass is 35.5.